The van der Waals surface area contributed by atoms with Gasteiger partial charge in [-0.2, -0.15) is 0 Å². The van der Waals surface area contributed by atoms with Crippen molar-refractivity contribution in [1.29, 1.82) is 0 Å². The summed E-state index contributed by atoms with van der Waals surface area (Å²) in [5.41, 5.74) is 3.76. The third-order valence-electron chi connectivity index (χ3n) is 3.98. The molecule has 0 bridgehead atoms. The van der Waals surface area contributed by atoms with Crippen LogP contribution >= 0.6 is 11.6 Å². The quantitative estimate of drug-likeness (QED) is 0.680. The van der Waals surface area contributed by atoms with E-state index in [9.17, 15) is 4.79 Å². The normalized spacial score (nSPS) is 10.4. The topological polar surface area (TPSA) is 70.2 Å². The third kappa shape index (κ3) is 4.74. The minimum atomic E-state index is -0.325. The van der Waals surface area contributed by atoms with E-state index in [4.69, 9.17) is 11.6 Å². The molecule has 0 unspecified atom stereocenters. The van der Waals surface area contributed by atoms with Crippen molar-refractivity contribution in [2.45, 2.75) is 6.92 Å². The van der Waals surface area contributed by atoms with E-state index >= 15 is 0 Å². The minimum absolute atomic E-state index is 0.261. The highest BCUT2D eigenvalue weighted by Crippen LogP contribution is 2.21. The number of rotatable bonds is 5. The molecule has 0 aliphatic carbocycles. The second-order valence-corrected chi connectivity index (χ2v) is 6.68. The molecule has 0 radical (unpaired) electrons. The first-order chi connectivity index (χ1) is 12.9. The lowest BCUT2D eigenvalue weighted by Gasteiger charge is -2.13. The van der Waals surface area contributed by atoms with E-state index < -0.39 is 0 Å². The summed E-state index contributed by atoms with van der Waals surface area (Å²) in [7, 11) is 3.96. The van der Waals surface area contributed by atoms with Gasteiger partial charge in [-0.3, -0.25) is 4.79 Å². The Morgan fingerprint density at radius 1 is 1.07 bits per heavy atom. The predicted molar refractivity (Wildman–Crippen MR) is 110 cm³/mol. The zero-order chi connectivity index (χ0) is 19.4. The van der Waals surface area contributed by atoms with Crippen LogP contribution in [0.25, 0.3) is 0 Å². The van der Waals surface area contributed by atoms with Gasteiger partial charge in [0, 0.05) is 42.4 Å². The Labute approximate surface area is 163 Å². The number of benzene rings is 2. The summed E-state index contributed by atoms with van der Waals surface area (Å²) >= 11 is 6.00. The summed E-state index contributed by atoms with van der Waals surface area (Å²) in [6, 6.07) is 14.7. The Morgan fingerprint density at radius 2 is 1.81 bits per heavy atom. The fraction of sp³-hybridized carbons (Fsp3) is 0.150. The van der Waals surface area contributed by atoms with Crippen LogP contribution in [0.5, 0.6) is 0 Å². The fourth-order valence-corrected chi connectivity index (χ4v) is 2.60. The number of carbonyl (C=O) groups is 1. The van der Waals surface area contributed by atoms with Crippen molar-refractivity contribution in [3.05, 3.63) is 71.0 Å². The second-order valence-electron chi connectivity index (χ2n) is 6.25. The Kier molecular flexibility index (Phi) is 5.57. The summed E-state index contributed by atoms with van der Waals surface area (Å²) in [6.07, 6.45) is 1.54. The van der Waals surface area contributed by atoms with Gasteiger partial charge in [0.05, 0.1) is 0 Å². The zero-order valence-corrected chi connectivity index (χ0v) is 16.1. The van der Waals surface area contributed by atoms with Gasteiger partial charge >= 0.3 is 0 Å². The molecule has 1 heterocycles. The lowest BCUT2D eigenvalue weighted by Crippen LogP contribution is -2.15. The van der Waals surface area contributed by atoms with E-state index in [2.05, 4.69) is 20.6 Å². The standard InChI is InChI=1S/C20H20ClN5O/c1-13-4-5-14(21)12-18(13)24-19(27)17-10-11-22-20(25-17)23-15-6-8-16(9-7-15)26(2)3/h4-12H,1-3H3,(H,24,27)(H,22,23,25). The highest BCUT2D eigenvalue weighted by atomic mass is 35.5. The molecule has 0 saturated carbocycles. The number of amides is 1. The van der Waals surface area contributed by atoms with E-state index in [0.29, 0.717) is 16.7 Å². The number of aryl methyl sites for hydroxylation is 1. The lowest BCUT2D eigenvalue weighted by molar-refractivity contribution is 0.102. The van der Waals surface area contributed by atoms with Gasteiger partial charge < -0.3 is 15.5 Å². The number of carbonyl (C=O) groups excluding carboxylic acids is 1. The van der Waals surface area contributed by atoms with Crippen LogP contribution in [-0.4, -0.2) is 30.0 Å². The molecular weight excluding hydrogens is 362 g/mol. The molecular formula is C20H20ClN5O. The van der Waals surface area contributed by atoms with E-state index in [1.165, 1.54) is 0 Å². The highest BCUT2D eigenvalue weighted by molar-refractivity contribution is 6.31. The lowest BCUT2D eigenvalue weighted by atomic mass is 10.2. The molecule has 3 rings (SSSR count). The van der Waals surface area contributed by atoms with Gasteiger partial charge in [-0.15, -0.1) is 0 Å². The van der Waals surface area contributed by atoms with E-state index in [-0.39, 0.29) is 11.6 Å². The Balaban J connectivity index is 1.74. The van der Waals surface area contributed by atoms with Crippen molar-refractivity contribution in [2.75, 3.05) is 29.6 Å². The molecule has 0 atom stereocenters. The summed E-state index contributed by atoms with van der Waals surface area (Å²) in [5.74, 6) is 0.0249. The summed E-state index contributed by atoms with van der Waals surface area (Å²) in [6.45, 7) is 1.90. The number of nitrogens with one attached hydrogen (secondary N) is 2. The molecule has 1 aromatic heterocycles. The summed E-state index contributed by atoms with van der Waals surface area (Å²) in [5, 5.41) is 6.50. The average molecular weight is 382 g/mol. The molecule has 6 nitrogen and oxygen atoms in total. The van der Waals surface area contributed by atoms with E-state index in [1.54, 1.807) is 24.4 Å². The summed E-state index contributed by atoms with van der Waals surface area (Å²) < 4.78 is 0. The Bertz CT molecular complexity index is 957. The second kappa shape index (κ2) is 8.05. The van der Waals surface area contributed by atoms with Gasteiger partial charge in [0.15, 0.2) is 0 Å². The van der Waals surface area contributed by atoms with Crippen molar-refractivity contribution < 1.29 is 4.79 Å². The van der Waals surface area contributed by atoms with Crippen molar-refractivity contribution in [3.63, 3.8) is 0 Å². The van der Waals surface area contributed by atoms with Crippen LogP contribution in [0, 0.1) is 6.92 Å². The Hall–Kier alpha value is -3.12. The average Bonchev–Trinajstić information content (AvgIpc) is 2.65. The molecule has 0 saturated heterocycles. The first-order valence-electron chi connectivity index (χ1n) is 8.37. The van der Waals surface area contributed by atoms with Crippen molar-refractivity contribution in [1.82, 2.24) is 9.97 Å². The molecule has 138 valence electrons. The SMILES string of the molecule is Cc1ccc(Cl)cc1NC(=O)c1ccnc(Nc2ccc(N(C)C)cc2)n1. The fourth-order valence-electron chi connectivity index (χ4n) is 2.43. The van der Waals surface area contributed by atoms with Gasteiger partial charge in [0.1, 0.15) is 5.69 Å². The number of anilines is 4. The predicted octanol–water partition coefficient (Wildman–Crippen LogP) is 4.50. The number of aromatic nitrogens is 2. The highest BCUT2D eigenvalue weighted by Gasteiger charge is 2.11. The molecule has 0 aliphatic rings. The van der Waals surface area contributed by atoms with Crippen molar-refractivity contribution in [3.8, 4) is 0 Å². The molecule has 3 aromatic rings. The van der Waals surface area contributed by atoms with Crippen LogP contribution in [-0.2, 0) is 0 Å². The number of nitrogens with zero attached hydrogens (tertiary/aromatic N) is 3. The van der Waals surface area contributed by atoms with Gasteiger partial charge in [-0.1, -0.05) is 17.7 Å². The maximum absolute atomic E-state index is 12.5. The first-order valence-corrected chi connectivity index (χ1v) is 8.75. The monoisotopic (exact) mass is 381 g/mol. The zero-order valence-electron chi connectivity index (χ0n) is 15.3. The Morgan fingerprint density at radius 3 is 2.52 bits per heavy atom. The largest absolute Gasteiger partial charge is 0.378 e. The third-order valence-corrected chi connectivity index (χ3v) is 4.21. The van der Waals surface area contributed by atoms with Crippen molar-refractivity contribution >= 4 is 40.5 Å². The molecule has 0 fully saturated rings. The van der Waals surface area contributed by atoms with Crippen LogP contribution in [0.2, 0.25) is 5.02 Å². The van der Waals surface area contributed by atoms with Crippen LogP contribution in [0.15, 0.2) is 54.7 Å². The smallest absolute Gasteiger partial charge is 0.274 e. The minimum Gasteiger partial charge on any atom is -0.378 e. The van der Waals surface area contributed by atoms with Crippen LogP contribution in [0.3, 0.4) is 0 Å². The molecule has 1 amide bonds. The molecule has 27 heavy (non-hydrogen) atoms. The molecule has 2 N–H and O–H groups in total. The first kappa shape index (κ1) is 18.7. The van der Waals surface area contributed by atoms with Gasteiger partial charge in [0.25, 0.3) is 5.91 Å². The number of hydrogen-bond donors (Lipinski definition) is 2. The molecule has 7 heteroatoms. The van der Waals surface area contributed by atoms with Gasteiger partial charge in [0.2, 0.25) is 5.95 Å². The van der Waals surface area contributed by atoms with Gasteiger partial charge in [-0.25, -0.2) is 9.97 Å². The van der Waals surface area contributed by atoms with Crippen LogP contribution < -0.4 is 15.5 Å². The van der Waals surface area contributed by atoms with Crippen LogP contribution in [0.4, 0.5) is 23.0 Å². The maximum atomic E-state index is 12.5. The number of halogens is 1. The molecule has 0 aliphatic heterocycles. The van der Waals surface area contributed by atoms with Crippen LogP contribution in [0.1, 0.15) is 16.1 Å². The maximum Gasteiger partial charge on any atom is 0.274 e. The number of hydrogen-bond acceptors (Lipinski definition) is 5. The van der Waals surface area contributed by atoms with E-state index in [1.807, 2.05) is 56.3 Å². The van der Waals surface area contributed by atoms with Crippen molar-refractivity contribution in [2.24, 2.45) is 0 Å². The van der Waals surface area contributed by atoms with E-state index in [0.717, 1.165) is 16.9 Å². The summed E-state index contributed by atoms with van der Waals surface area (Å²) in [4.78, 5) is 23.0. The molecule has 2 aromatic carbocycles. The van der Waals surface area contributed by atoms with Gasteiger partial charge in [-0.05, 0) is 55.0 Å². The molecule has 0 spiro atoms.